The molecule has 0 saturated carbocycles. The van der Waals surface area contributed by atoms with Crippen LogP contribution in [0.25, 0.3) is 10.8 Å². The first-order chi connectivity index (χ1) is 10.6. The molecule has 4 nitrogen and oxygen atoms in total. The smallest absolute Gasteiger partial charge is 0.119 e. The molecule has 3 rings (SSSR count). The predicted octanol–water partition coefficient (Wildman–Crippen LogP) is 4.82. The summed E-state index contributed by atoms with van der Waals surface area (Å²) < 4.78 is 5.28. The molecular weight excluding hydrogens is 389 g/mol. The highest BCUT2D eigenvalue weighted by Crippen LogP contribution is 2.40. The highest BCUT2D eigenvalue weighted by Gasteiger charge is 2.21. The Morgan fingerprint density at radius 3 is 2.55 bits per heavy atom. The Hall–Kier alpha value is -1.43. The zero-order chi connectivity index (χ0) is 15.7. The van der Waals surface area contributed by atoms with Crippen LogP contribution < -0.4 is 4.74 Å². The van der Waals surface area contributed by atoms with Crippen molar-refractivity contribution in [1.82, 2.24) is 15.2 Å². The van der Waals surface area contributed by atoms with E-state index in [1.807, 2.05) is 18.2 Å². The number of aromatic nitrogens is 3. The van der Waals surface area contributed by atoms with Gasteiger partial charge in [0.1, 0.15) is 5.75 Å². The van der Waals surface area contributed by atoms with Crippen LogP contribution >= 0.6 is 39.1 Å². The van der Waals surface area contributed by atoms with Gasteiger partial charge < -0.3 is 4.74 Å². The van der Waals surface area contributed by atoms with E-state index < -0.39 is 0 Å². The number of rotatable bonds is 3. The van der Waals surface area contributed by atoms with Crippen molar-refractivity contribution in [2.75, 3.05) is 7.11 Å². The van der Waals surface area contributed by atoms with E-state index in [1.165, 1.54) is 0 Å². The maximum atomic E-state index is 6.23. The molecule has 7 heteroatoms. The molecule has 3 aromatic rings. The molecule has 0 aliphatic rings. The molecule has 2 aromatic heterocycles. The number of hydrogen-bond acceptors (Lipinski definition) is 4. The molecular formula is C15H10BrCl2N3O. The van der Waals surface area contributed by atoms with Crippen molar-refractivity contribution < 1.29 is 4.74 Å². The Kier molecular flexibility index (Phi) is 4.47. The van der Waals surface area contributed by atoms with Gasteiger partial charge in [0.2, 0.25) is 0 Å². The molecule has 0 aliphatic carbocycles. The molecule has 0 amide bonds. The SMILES string of the molecule is COc1ccc2cnnc(C(Br)c3c(Cl)cncc3Cl)c2c1. The number of nitrogens with zero attached hydrogens (tertiary/aromatic N) is 3. The predicted molar refractivity (Wildman–Crippen MR) is 91.1 cm³/mol. The average molecular weight is 399 g/mol. The highest BCUT2D eigenvalue weighted by molar-refractivity contribution is 9.09. The van der Waals surface area contributed by atoms with Crippen LogP contribution in [0.4, 0.5) is 0 Å². The first kappa shape index (κ1) is 15.5. The maximum Gasteiger partial charge on any atom is 0.119 e. The summed E-state index contributed by atoms with van der Waals surface area (Å²) in [6.07, 6.45) is 4.81. The number of methoxy groups -OCH3 is 1. The third kappa shape index (κ3) is 2.76. The van der Waals surface area contributed by atoms with E-state index in [9.17, 15) is 0 Å². The lowest BCUT2D eigenvalue weighted by Gasteiger charge is -2.14. The molecule has 0 fully saturated rings. The van der Waals surface area contributed by atoms with E-state index in [1.54, 1.807) is 25.7 Å². The number of hydrogen-bond donors (Lipinski definition) is 0. The van der Waals surface area contributed by atoms with E-state index in [2.05, 4.69) is 31.1 Å². The zero-order valence-electron chi connectivity index (χ0n) is 11.4. The summed E-state index contributed by atoms with van der Waals surface area (Å²) in [5.41, 5.74) is 1.43. The summed E-state index contributed by atoms with van der Waals surface area (Å²) in [5.74, 6) is 0.744. The van der Waals surface area contributed by atoms with Crippen LogP contribution in [0.15, 0.2) is 36.8 Å². The van der Waals surface area contributed by atoms with Gasteiger partial charge >= 0.3 is 0 Å². The second-order valence-electron chi connectivity index (χ2n) is 4.56. The van der Waals surface area contributed by atoms with Gasteiger partial charge in [0.05, 0.1) is 33.9 Å². The van der Waals surface area contributed by atoms with Crippen LogP contribution in [0.1, 0.15) is 16.1 Å². The molecule has 0 radical (unpaired) electrons. The molecule has 112 valence electrons. The van der Waals surface area contributed by atoms with Crippen molar-refractivity contribution in [2.24, 2.45) is 0 Å². The third-order valence-electron chi connectivity index (χ3n) is 3.28. The summed E-state index contributed by atoms with van der Waals surface area (Å²) in [7, 11) is 1.62. The topological polar surface area (TPSA) is 47.9 Å². The fourth-order valence-electron chi connectivity index (χ4n) is 2.19. The second-order valence-corrected chi connectivity index (χ2v) is 6.29. The quantitative estimate of drug-likeness (QED) is 0.593. The zero-order valence-corrected chi connectivity index (χ0v) is 14.5. The number of alkyl halides is 1. The monoisotopic (exact) mass is 397 g/mol. The highest BCUT2D eigenvalue weighted by atomic mass is 79.9. The second kappa shape index (κ2) is 6.36. The molecule has 2 heterocycles. The first-order valence-corrected chi connectivity index (χ1v) is 8.01. The van der Waals surface area contributed by atoms with Crippen molar-refractivity contribution >= 4 is 49.9 Å². The van der Waals surface area contributed by atoms with Crippen molar-refractivity contribution in [1.29, 1.82) is 0 Å². The maximum absolute atomic E-state index is 6.23. The van der Waals surface area contributed by atoms with Gasteiger partial charge in [-0.05, 0) is 18.2 Å². The summed E-state index contributed by atoms with van der Waals surface area (Å²) in [4.78, 5) is 3.66. The minimum Gasteiger partial charge on any atom is -0.497 e. The number of benzene rings is 1. The average Bonchev–Trinajstić information content (AvgIpc) is 2.53. The minimum absolute atomic E-state index is 0.307. The molecule has 0 bridgehead atoms. The molecule has 0 aliphatic heterocycles. The number of pyridine rings is 1. The van der Waals surface area contributed by atoms with Crippen molar-refractivity contribution in [3.8, 4) is 5.75 Å². The van der Waals surface area contributed by atoms with Crippen LogP contribution in [-0.2, 0) is 0 Å². The Morgan fingerprint density at radius 2 is 1.86 bits per heavy atom. The number of fused-ring (bicyclic) bond motifs is 1. The molecule has 0 spiro atoms. The fourth-order valence-corrected chi connectivity index (χ4v) is 3.87. The van der Waals surface area contributed by atoms with E-state index in [-0.39, 0.29) is 4.83 Å². The molecule has 1 unspecified atom stereocenters. The summed E-state index contributed by atoms with van der Waals surface area (Å²) in [5, 5.41) is 11.1. The summed E-state index contributed by atoms with van der Waals surface area (Å²) >= 11 is 16.1. The standard InChI is InChI=1S/C15H10BrCl2N3O/c1-22-9-3-2-8-5-20-21-15(10(8)4-9)14(16)13-11(17)6-19-7-12(13)18/h2-7,14H,1H3. The van der Waals surface area contributed by atoms with Gasteiger partial charge in [-0.3, -0.25) is 4.98 Å². The van der Waals surface area contributed by atoms with E-state index in [4.69, 9.17) is 27.9 Å². The van der Waals surface area contributed by atoms with Crippen LogP contribution in [0.5, 0.6) is 5.75 Å². The van der Waals surface area contributed by atoms with E-state index in [0.717, 1.165) is 16.5 Å². The van der Waals surface area contributed by atoms with Gasteiger partial charge in [-0.2, -0.15) is 10.2 Å². The van der Waals surface area contributed by atoms with Crippen molar-refractivity contribution in [2.45, 2.75) is 4.83 Å². The summed E-state index contributed by atoms with van der Waals surface area (Å²) in [6.45, 7) is 0. The normalized spacial score (nSPS) is 12.4. The Balaban J connectivity index is 2.21. The van der Waals surface area contributed by atoms with Crippen LogP contribution in [0.2, 0.25) is 10.0 Å². The van der Waals surface area contributed by atoms with Gasteiger partial charge in [-0.1, -0.05) is 39.1 Å². The van der Waals surface area contributed by atoms with E-state index in [0.29, 0.717) is 21.3 Å². The molecule has 0 saturated heterocycles. The van der Waals surface area contributed by atoms with Crippen LogP contribution in [-0.4, -0.2) is 22.3 Å². The Labute approximate surface area is 145 Å². The lowest BCUT2D eigenvalue weighted by atomic mass is 10.0. The van der Waals surface area contributed by atoms with Gasteiger partial charge in [0.15, 0.2) is 0 Å². The van der Waals surface area contributed by atoms with Crippen molar-refractivity contribution in [3.05, 3.63) is 58.1 Å². The molecule has 22 heavy (non-hydrogen) atoms. The number of ether oxygens (including phenoxy) is 1. The third-order valence-corrected chi connectivity index (χ3v) is 4.78. The van der Waals surface area contributed by atoms with Gasteiger partial charge in [-0.15, -0.1) is 0 Å². The Morgan fingerprint density at radius 1 is 1.14 bits per heavy atom. The lowest BCUT2D eigenvalue weighted by Crippen LogP contribution is -2.02. The largest absolute Gasteiger partial charge is 0.497 e. The Bertz CT molecular complexity index is 824. The molecule has 0 N–H and O–H groups in total. The number of halogens is 3. The van der Waals surface area contributed by atoms with E-state index >= 15 is 0 Å². The first-order valence-electron chi connectivity index (χ1n) is 6.34. The molecule has 1 atom stereocenters. The minimum atomic E-state index is -0.307. The van der Waals surface area contributed by atoms with Gasteiger partial charge in [0, 0.05) is 28.7 Å². The fraction of sp³-hybridized carbons (Fsp3) is 0.133. The van der Waals surface area contributed by atoms with Gasteiger partial charge in [0.25, 0.3) is 0 Å². The van der Waals surface area contributed by atoms with Crippen LogP contribution in [0, 0.1) is 0 Å². The molecule has 1 aromatic carbocycles. The van der Waals surface area contributed by atoms with Crippen LogP contribution in [0.3, 0.4) is 0 Å². The summed E-state index contributed by atoms with van der Waals surface area (Å²) in [6, 6.07) is 5.72. The van der Waals surface area contributed by atoms with Crippen molar-refractivity contribution in [3.63, 3.8) is 0 Å². The lowest BCUT2D eigenvalue weighted by molar-refractivity contribution is 0.415. The van der Waals surface area contributed by atoms with Gasteiger partial charge in [-0.25, -0.2) is 0 Å².